The molecule has 0 aliphatic heterocycles. The van der Waals surface area contributed by atoms with Crippen molar-refractivity contribution in [3.05, 3.63) is 64.1 Å². The van der Waals surface area contributed by atoms with Crippen molar-refractivity contribution in [3.63, 3.8) is 0 Å². The minimum Gasteiger partial charge on any atom is -0.350 e. The average molecular weight is 411 g/mol. The SMILES string of the molecule is Cc1ccccc1CNC(=O)CN(c1cccc(Br)c1)S(C)(=O)=O. The Kier molecular flexibility index (Phi) is 6.01. The number of rotatable bonds is 6. The van der Waals surface area contributed by atoms with Crippen LogP contribution in [0.5, 0.6) is 0 Å². The molecule has 1 N–H and O–H groups in total. The predicted molar refractivity (Wildman–Crippen MR) is 99.4 cm³/mol. The van der Waals surface area contributed by atoms with Crippen molar-refractivity contribution in [1.82, 2.24) is 5.32 Å². The van der Waals surface area contributed by atoms with E-state index in [4.69, 9.17) is 0 Å². The molecule has 0 atom stereocenters. The molecule has 0 heterocycles. The minimum absolute atomic E-state index is 0.263. The molecular formula is C17H19BrN2O3S. The molecule has 0 unspecified atom stereocenters. The molecule has 5 nitrogen and oxygen atoms in total. The van der Waals surface area contributed by atoms with Gasteiger partial charge in [0, 0.05) is 11.0 Å². The number of carbonyl (C=O) groups is 1. The summed E-state index contributed by atoms with van der Waals surface area (Å²) in [7, 11) is -3.57. The number of nitrogens with one attached hydrogen (secondary N) is 1. The maximum Gasteiger partial charge on any atom is 0.241 e. The second kappa shape index (κ2) is 7.81. The maximum absolute atomic E-state index is 12.2. The number of nitrogens with zero attached hydrogens (tertiary/aromatic N) is 1. The van der Waals surface area contributed by atoms with Crippen LogP contribution in [0.2, 0.25) is 0 Å². The van der Waals surface area contributed by atoms with Gasteiger partial charge in [-0.1, -0.05) is 46.3 Å². The minimum atomic E-state index is -3.57. The van der Waals surface area contributed by atoms with E-state index < -0.39 is 10.0 Å². The van der Waals surface area contributed by atoms with Crippen molar-refractivity contribution in [2.24, 2.45) is 0 Å². The van der Waals surface area contributed by atoms with E-state index in [-0.39, 0.29) is 12.5 Å². The summed E-state index contributed by atoms with van der Waals surface area (Å²) in [6.45, 7) is 2.06. The Balaban J connectivity index is 2.10. The molecule has 0 saturated heterocycles. The van der Waals surface area contributed by atoms with Crippen molar-refractivity contribution in [2.75, 3.05) is 17.1 Å². The molecule has 0 spiro atoms. The van der Waals surface area contributed by atoms with Gasteiger partial charge in [0.05, 0.1) is 11.9 Å². The van der Waals surface area contributed by atoms with Crippen molar-refractivity contribution >= 4 is 37.5 Å². The lowest BCUT2D eigenvalue weighted by molar-refractivity contribution is -0.119. The fourth-order valence-corrected chi connectivity index (χ4v) is 3.46. The first-order valence-corrected chi connectivity index (χ1v) is 9.96. The van der Waals surface area contributed by atoms with Crippen LogP contribution in [0.3, 0.4) is 0 Å². The zero-order valence-electron chi connectivity index (χ0n) is 13.5. The molecule has 7 heteroatoms. The first kappa shape index (κ1) is 18.5. The van der Waals surface area contributed by atoms with Crippen LogP contribution in [-0.2, 0) is 21.4 Å². The lowest BCUT2D eigenvalue weighted by Gasteiger charge is -2.22. The highest BCUT2D eigenvalue weighted by molar-refractivity contribution is 9.10. The van der Waals surface area contributed by atoms with Gasteiger partial charge in [-0.15, -0.1) is 0 Å². The van der Waals surface area contributed by atoms with Crippen LogP contribution < -0.4 is 9.62 Å². The van der Waals surface area contributed by atoms with Gasteiger partial charge in [0.25, 0.3) is 0 Å². The van der Waals surface area contributed by atoms with Crippen LogP contribution in [0.1, 0.15) is 11.1 Å². The van der Waals surface area contributed by atoms with Crippen molar-refractivity contribution in [3.8, 4) is 0 Å². The number of hydrogen-bond donors (Lipinski definition) is 1. The Morgan fingerprint density at radius 3 is 2.50 bits per heavy atom. The molecule has 0 saturated carbocycles. The van der Waals surface area contributed by atoms with Crippen LogP contribution in [0, 0.1) is 6.92 Å². The number of sulfonamides is 1. The molecule has 0 aromatic heterocycles. The summed E-state index contributed by atoms with van der Waals surface area (Å²) in [4.78, 5) is 12.2. The van der Waals surface area contributed by atoms with Gasteiger partial charge in [-0.25, -0.2) is 8.42 Å². The van der Waals surface area contributed by atoms with Gasteiger partial charge in [-0.2, -0.15) is 0 Å². The second-order valence-corrected chi connectivity index (χ2v) is 8.28. The number of anilines is 1. The third kappa shape index (κ3) is 5.07. The van der Waals surface area contributed by atoms with Gasteiger partial charge in [0.1, 0.15) is 6.54 Å². The summed E-state index contributed by atoms with van der Waals surface area (Å²) in [5, 5.41) is 2.77. The van der Waals surface area contributed by atoms with Crippen LogP contribution in [-0.4, -0.2) is 27.1 Å². The summed E-state index contributed by atoms with van der Waals surface area (Å²) >= 11 is 3.31. The number of hydrogen-bond acceptors (Lipinski definition) is 3. The Hall–Kier alpha value is -1.86. The fourth-order valence-electron chi connectivity index (χ4n) is 2.22. The van der Waals surface area contributed by atoms with Gasteiger partial charge in [-0.3, -0.25) is 9.10 Å². The van der Waals surface area contributed by atoms with E-state index in [0.29, 0.717) is 12.2 Å². The van der Waals surface area contributed by atoms with Crippen LogP contribution in [0.15, 0.2) is 53.0 Å². The molecule has 2 aromatic rings. The lowest BCUT2D eigenvalue weighted by atomic mass is 10.1. The van der Waals surface area contributed by atoms with E-state index in [1.54, 1.807) is 24.3 Å². The zero-order valence-corrected chi connectivity index (χ0v) is 15.9. The monoisotopic (exact) mass is 410 g/mol. The molecular weight excluding hydrogens is 392 g/mol. The van der Waals surface area contributed by atoms with E-state index in [1.807, 2.05) is 31.2 Å². The smallest absolute Gasteiger partial charge is 0.241 e. The molecule has 2 aromatic carbocycles. The summed E-state index contributed by atoms with van der Waals surface area (Å²) < 4.78 is 25.9. The van der Waals surface area contributed by atoms with Gasteiger partial charge in [0.15, 0.2) is 0 Å². The first-order valence-electron chi connectivity index (χ1n) is 7.32. The van der Waals surface area contributed by atoms with Gasteiger partial charge in [0.2, 0.25) is 15.9 Å². The average Bonchev–Trinajstić information content (AvgIpc) is 2.50. The highest BCUT2D eigenvalue weighted by Gasteiger charge is 2.20. The second-order valence-electron chi connectivity index (χ2n) is 5.45. The molecule has 0 aliphatic rings. The summed E-state index contributed by atoms with van der Waals surface area (Å²) in [6, 6.07) is 14.6. The topological polar surface area (TPSA) is 66.5 Å². The number of carbonyl (C=O) groups excluding carboxylic acids is 1. The normalized spacial score (nSPS) is 11.1. The van der Waals surface area contributed by atoms with Gasteiger partial charge >= 0.3 is 0 Å². The van der Waals surface area contributed by atoms with E-state index >= 15 is 0 Å². The zero-order chi connectivity index (χ0) is 17.7. The van der Waals surface area contributed by atoms with Crippen LogP contribution >= 0.6 is 15.9 Å². The number of halogens is 1. The van der Waals surface area contributed by atoms with E-state index in [9.17, 15) is 13.2 Å². The van der Waals surface area contributed by atoms with E-state index in [1.165, 1.54) is 0 Å². The molecule has 0 fully saturated rings. The molecule has 0 bridgehead atoms. The molecule has 2 rings (SSSR count). The third-order valence-corrected chi connectivity index (χ3v) is 5.15. The van der Waals surface area contributed by atoms with Gasteiger partial charge in [-0.05, 0) is 36.2 Å². The molecule has 1 amide bonds. The van der Waals surface area contributed by atoms with Crippen molar-refractivity contribution in [2.45, 2.75) is 13.5 Å². The highest BCUT2D eigenvalue weighted by atomic mass is 79.9. The fraction of sp³-hybridized carbons (Fsp3) is 0.235. The Bertz CT molecular complexity index is 837. The standard InChI is InChI=1S/C17H19BrN2O3S/c1-13-6-3-4-7-14(13)11-19-17(21)12-20(24(2,22)23)16-9-5-8-15(18)10-16/h3-10H,11-12H2,1-2H3,(H,19,21). The molecule has 128 valence electrons. The number of aryl methyl sites for hydroxylation is 1. The predicted octanol–water partition coefficient (Wildman–Crippen LogP) is 2.84. The quantitative estimate of drug-likeness (QED) is 0.795. The number of benzene rings is 2. The number of amides is 1. The maximum atomic E-state index is 12.2. The van der Waals surface area contributed by atoms with Crippen molar-refractivity contribution in [1.29, 1.82) is 0 Å². The Morgan fingerprint density at radius 1 is 1.17 bits per heavy atom. The van der Waals surface area contributed by atoms with Crippen LogP contribution in [0.25, 0.3) is 0 Å². The summed E-state index contributed by atoms with van der Waals surface area (Å²) in [5.74, 6) is -0.358. The highest BCUT2D eigenvalue weighted by Crippen LogP contribution is 2.21. The molecule has 0 aliphatic carbocycles. The Morgan fingerprint density at radius 2 is 1.88 bits per heavy atom. The molecule has 0 radical (unpaired) electrons. The Labute approximate surface area is 150 Å². The van der Waals surface area contributed by atoms with Gasteiger partial charge < -0.3 is 5.32 Å². The molecule has 24 heavy (non-hydrogen) atoms. The van der Waals surface area contributed by atoms with E-state index in [2.05, 4.69) is 21.2 Å². The third-order valence-electron chi connectivity index (χ3n) is 3.52. The summed E-state index contributed by atoms with van der Waals surface area (Å²) in [5.41, 5.74) is 2.52. The lowest BCUT2D eigenvalue weighted by Crippen LogP contribution is -2.40. The van der Waals surface area contributed by atoms with E-state index in [0.717, 1.165) is 26.2 Å². The van der Waals surface area contributed by atoms with Crippen molar-refractivity contribution < 1.29 is 13.2 Å². The first-order chi connectivity index (χ1) is 11.3. The largest absolute Gasteiger partial charge is 0.350 e. The summed E-state index contributed by atoms with van der Waals surface area (Å²) in [6.07, 6.45) is 1.09. The van der Waals surface area contributed by atoms with Crippen LogP contribution in [0.4, 0.5) is 5.69 Å².